The Balaban J connectivity index is 0.00000400. The van der Waals surface area contributed by atoms with E-state index in [1.165, 1.54) is 12.1 Å². The van der Waals surface area contributed by atoms with Gasteiger partial charge in [0.1, 0.15) is 29.6 Å². The predicted molar refractivity (Wildman–Crippen MR) is 76.1 cm³/mol. The van der Waals surface area contributed by atoms with Gasteiger partial charge in [-0.25, -0.2) is 13.8 Å². The Morgan fingerprint density at radius 3 is 2.38 bits per heavy atom. The van der Waals surface area contributed by atoms with Crippen LogP contribution in [0.15, 0.2) is 12.1 Å². The van der Waals surface area contributed by atoms with Gasteiger partial charge in [0.25, 0.3) is 6.43 Å². The average Bonchev–Trinajstić information content (AvgIpc) is 2.34. The summed E-state index contributed by atoms with van der Waals surface area (Å²) in [6.07, 6.45) is -2.61. The molecule has 1 aromatic heterocycles. The van der Waals surface area contributed by atoms with Crippen LogP contribution in [0, 0.1) is 0 Å². The minimum Gasteiger partial charge on any atom is -0.460 e. The molecular formula is C11H13Cl3F2N2O3. The largest absolute Gasteiger partial charge is 0.460 e. The average molecular weight is 366 g/mol. The van der Waals surface area contributed by atoms with Crippen LogP contribution in [-0.2, 0) is 20.9 Å². The molecular weight excluding hydrogens is 352 g/mol. The third kappa shape index (κ3) is 8.33. The lowest BCUT2D eigenvalue weighted by atomic mass is 10.3. The van der Waals surface area contributed by atoms with Gasteiger partial charge in [-0.15, -0.1) is 12.4 Å². The van der Waals surface area contributed by atoms with Crippen molar-refractivity contribution in [1.82, 2.24) is 4.98 Å². The summed E-state index contributed by atoms with van der Waals surface area (Å²) in [7, 11) is 0. The van der Waals surface area contributed by atoms with Gasteiger partial charge in [0.15, 0.2) is 0 Å². The molecule has 0 aliphatic rings. The van der Waals surface area contributed by atoms with E-state index < -0.39 is 25.0 Å². The first-order chi connectivity index (χ1) is 9.38. The van der Waals surface area contributed by atoms with Gasteiger partial charge in [0.05, 0.1) is 6.61 Å². The maximum Gasteiger partial charge on any atom is 0.325 e. The molecule has 0 spiro atoms. The number of pyridine rings is 1. The third-order valence-corrected chi connectivity index (χ3v) is 2.43. The first-order valence-electron chi connectivity index (χ1n) is 5.48. The molecule has 21 heavy (non-hydrogen) atoms. The number of halogens is 5. The molecule has 0 fully saturated rings. The van der Waals surface area contributed by atoms with E-state index in [9.17, 15) is 13.6 Å². The highest BCUT2D eigenvalue weighted by Gasteiger charge is 2.16. The van der Waals surface area contributed by atoms with Crippen LogP contribution in [0.5, 0.6) is 0 Å². The summed E-state index contributed by atoms with van der Waals surface area (Å²) >= 11 is 11.3. The van der Waals surface area contributed by atoms with Crippen LogP contribution in [0.4, 0.5) is 8.78 Å². The minimum atomic E-state index is -2.61. The summed E-state index contributed by atoms with van der Waals surface area (Å²) in [6.45, 7) is -1.24. The van der Waals surface area contributed by atoms with Gasteiger partial charge >= 0.3 is 5.97 Å². The van der Waals surface area contributed by atoms with Crippen molar-refractivity contribution in [1.29, 1.82) is 0 Å². The quantitative estimate of drug-likeness (QED) is 0.593. The molecule has 120 valence electrons. The second-order valence-electron chi connectivity index (χ2n) is 3.76. The summed E-state index contributed by atoms with van der Waals surface area (Å²) < 4.78 is 33.1. The van der Waals surface area contributed by atoms with Gasteiger partial charge < -0.3 is 15.2 Å². The molecule has 1 atom stereocenters. The fourth-order valence-corrected chi connectivity index (χ4v) is 1.72. The van der Waals surface area contributed by atoms with Crippen LogP contribution in [-0.4, -0.2) is 36.6 Å². The van der Waals surface area contributed by atoms with E-state index in [1.807, 2.05) is 0 Å². The summed E-state index contributed by atoms with van der Waals surface area (Å²) in [6, 6.07) is 1.81. The van der Waals surface area contributed by atoms with Gasteiger partial charge in [-0.1, -0.05) is 23.2 Å². The van der Waals surface area contributed by atoms with Gasteiger partial charge in [0, 0.05) is 0 Å². The molecule has 0 saturated heterocycles. The molecule has 2 N–H and O–H groups in total. The summed E-state index contributed by atoms with van der Waals surface area (Å²) in [5.74, 6) is -0.775. The van der Waals surface area contributed by atoms with Crippen molar-refractivity contribution in [2.24, 2.45) is 5.73 Å². The molecule has 0 aromatic carbocycles. The number of nitrogens with zero attached hydrogens (tertiary/aromatic N) is 1. The number of aromatic nitrogens is 1. The predicted octanol–water partition coefficient (Wildman–Crippen LogP) is 2.46. The lowest BCUT2D eigenvalue weighted by Crippen LogP contribution is -2.37. The van der Waals surface area contributed by atoms with Crippen LogP contribution in [0.3, 0.4) is 0 Å². The summed E-state index contributed by atoms with van der Waals surface area (Å²) in [5.41, 5.74) is 5.95. The number of nitrogens with two attached hydrogens (primary N) is 1. The minimum absolute atomic E-state index is 0. The zero-order valence-electron chi connectivity index (χ0n) is 10.6. The molecule has 0 saturated carbocycles. The highest BCUT2D eigenvalue weighted by atomic mass is 35.5. The first kappa shape index (κ1) is 20.3. The Kier molecular flexibility index (Phi) is 9.72. The number of rotatable bonds is 7. The molecule has 0 unspecified atom stereocenters. The Morgan fingerprint density at radius 2 is 1.86 bits per heavy atom. The van der Waals surface area contributed by atoms with E-state index >= 15 is 0 Å². The molecule has 0 radical (unpaired) electrons. The monoisotopic (exact) mass is 364 g/mol. The normalized spacial score (nSPS) is 11.9. The molecule has 1 heterocycles. The maximum atomic E-state index is 11.8. The number of carbonyl (C=O) groups is 1. The SMILES string of the molecule is Cl.N[C@@H](COCC(F)F)C(=O)OCc1cc(Cl)nc(Cl)c1. The molecule has 1 rings (SSSR count). The van der Waals surface area contributed by atoms with Crippen LogP contribution >= 0.6 is 35.6 Å². The van der Waals surface area contributed by atoms with Crippen LogP contribution < -0.4 is 5.73 Å². The number of esters is 1. The maximum absolute atomic E-state index is 11.8. The Morgan fingerprint density at radius 1 is 1.29 bits per heavy atom. The lowest BCUT2D eigenvalue weighted by molar-refractivity contribution is -0.148. The van der Waals surface area contributed by atoms with Crippen molar-refractivity contribution in [2.75, 3.05) is 13.2 Å². The van der Waals surface area contributed by atoms with Crippen molar-refractivity contribution in [3.63, 3.8) is 0 Å². The molecule has 0 amide bonds. The van der Waals surface area contributed by atoms with E-state index in [4.69, 9.17) is 33.7 Å². The van der Waals surface area contributed by atoms with Gasteiger partial charge in [-0.2, -0.15) is 0 Å². The van der Waals surface area contributed by atoms with Crippen molar-refractivity contribution < 1.29 is 23.0 Å². The highest BCUT2D eigenvalue weighted by Crippen LogP contribution is 2.15. The fraction of sp³-hybridized carbons (Fsp3) is 0.455. The van der Waals surface area contributed by atoms with Crippen molar-refractivity contribution >= 4 is 41.6 Å². The van der Waals surface area contributed by atoms with E-state index in [0.29, 0.717) is 5.56 Å². The third-order valence-electron chi connectivity index (χ3n) is 2.05. The van der Waals surface area contributed by atoms with Gasteiger partial charge in [-0.3, -0.25) is 4.79 Å². The first-order valence-corrected chi connectivity index (χ1v) is 6.24. The number of hydrogen-bond donors (Lipinski definition) is 1. The highest BCUT2D eigenvalue weighted by molar-refractivity contribution is 6.32. The van der Waals surface area contributed by atoms with E-state index in [2.05, 4.69) is 9.72 Å². The van der Waals surface area contributed by atoms with Crippen LogP contribution in [0.25, 0.3) is 0 Å². The smallest absolute Gasteiger partial charge is 0.325 e. The molecule has 10 heteroatoms. The Bertz CT molecular complexity index is 446. The van der Waals surface area contributed by atoms with Crippen molar-refractivity contribution in [3.05, 3.63) is 28.0 Å². The number of ether oxygens (including phenoxy) is 2. The zero-order chi connectivity index (χ0) is 15.1. The lowest BCUT2D eigenvalue weighted by Gasteiger charge is -2.12. The van der Waals surface area contributed by atoms with Crippen LogP contribution in [0.2, 0.25) is 10.3 Å². The molecule has 5 nitrogen and oxygen atoms in total. The number of alkyl halides is 2. The van der Waals surface area contributed by atoms with E-state index in [-0.39, 0.29) is 35.9 Å². The van der Waals surface area contributed by atoms with E-state index in [0.717, 1.165) is 0 Å². The van der Waals surface area contributed by atoms with E-state index in [1.54, 1.807) is 0 Å². The fourth-order valence-electron chi connectivity index (χ4n) is 1.21. The number of hydrogen-bond acceptors (Lipinski definition) is 5. The molecule has 1 aromatic rings. The topological polar surface area (TPSA) is 74.4 Å². The standard InChI is InChI=1S/C11H12Cl2F2N2O3.ClH/c12-8-1-6(2-9(13)17-8)3-20-11(18)7(16)4-19-5-10(14)15;/h1-2,7,10H,3-5,16H2;1H/t7-;/m0./s1. The molecule has 0 aliphatic carbocycles. The summed E-state index contributed by atoms with van der Waals surface area (Å²) in [5, 5.41) is 0.321. The summed E-state index contributed by atoms with van der Waals surface area (Å²) in [4.78, 5) is 15.2. The second-order valence-corrected chi connectivity index (χ2v) is 4.54. The van der Waals surface area contributed by atoms with Gasteiger partial charge in [0.2, 0.25) is 0 Å². The van der Waals surface area contributed by atoms with Crippen molar-refractivity contribution in [3.8, 4) is 0 Å². The second kappa shape index (κ2) is 10.1. The molecule has 0 bridgehead atoms. The Labute approximate surface area is 136 Å². The Hall–Kier alpha value is -0.730. The van der Waals surface area contributed by atoms with Gasteiger partial charge in [-0.05, 0) is 17.7 Å². The molecule has 0 aliphatic heterocycles. The van der Waals surface area contributed by atoms with Crippen LogP contribution in [0.1, 0.15) is 5.56 Å². The van der Waals surface area contributed by atoms with Crippen molar-refractivity contribution in [2.45, 2.75) is 19.1 Å². The zero-order valence-corrected chi connectivity index (χ0v) is 12.9. The number of carbonyl (C=O) groups excluding carboxylic acids is 1.